The normalized spacial score (nSPS) is 11.0. The average Bonchev–Trinajstić information content (AvgIpc) is 2.41. The molecule has 0 radical (unpaired) electrons. The third-order valence-corrected chi connectivity index (χ3v) is 4.29. The zero-order chi connectivity index (χ0) is 15.6. The summed E-state index contributed by atoms with van der Waals surface area (Å²) in [4.78, 5) is 0. The number of benzene rings is 2. The molecule has 0 amide bonds. The Morgan fingerprint density at radius 2 is 1.76 bits per heavy atom. The van der Waals surface area contributed by atoms with Gasteiger partial charge in [0, 0.05) is 15.6 Å². The zero-order valence-electron chi connectivity index (χ0n) is 12.2. The van der Waals surface area contributed by atoms with Crippen LogP contribution in [0.4, 0.5) is 0 Å². The molecule has 0 aliphatic heterocycles. The van der Waals surface area contributed by atoms with E-state index in [-0.39, 0.29) is 0 Å². The second-order valence-electron chi connectivity index (χ2n) is 5.25. The lowest BCUT2D eigenvalue weighted by Crippen LogP contribution is -1.96. The molecule has 2 aromatic carbocycles. The van der Waals surface area contributed by atoms with Gasteiger partial charge in [-0.1, -0.05) is 43.1 Å². The number of ether oxygens (including phenoxy) is 1. The standard InChI is InChI=1S/C17H17Cl3O/c1-10(2)12-8-17(11(3)7-15(12)20)21-16-6-4-5-14(19)13(16)9-18/h4-8,10H,9H2,1-3H3. The highest BCUT2D eigenvalue weighted by atomic mass is 35.5. The minimum absolute atomic E-state index is 0.304. The van der Waals surface area contributed by atoms with Crippen LogP contribution in [0.1, 0.15) is 36.5 Å². The van der Waals surface area contributed by atoms with Gasteiger partial charge in [0.2, 0.25) is 0 Å². The minimum Gasteiger partial charge on any atom is -0.457 e. The van der Waals surface area contributed by atoms with E-state index in [0.717, 1.165) is 27.5 Å². The molecule has 0 aliphatic rings. The summed E-state index contributed by atoms with van der Waals surface area (Å²) in [5.74, 6) is 2.08. The van der Waals surface area contributed by atoms with Gasteiger partial charge in [0.15, 0.2) is 0 Å². The number of alkyl halides is 1. The van der Waals surface area contributed by atoms with Crippen LogP contribution in [0.2, 0.25) is 10.0 Å². The molecular formula is C17H17Cl3O. The average molecular weight is 344 g/mol. The summed E-state index contributed by atoms with van der Waals surface area (Å²) < 4.78 is 6.03. The lowest BCUT2D eigenvalue weighted by Gasteiger charge is -2.16. The number of rotatable bonds is 4. The number of hydrogen-bond donors (Lipinski definition) is 0. The van der Waals surface area contributed by atoms with Crippen LogP contribution in [0.5, 0.6) is 11.5 Å². The molecule has 0 atom stereocenters. The van der Waals surface area contributed by atoms with Crippen molar-refractivity contribution in [2.24, 2.45) is 0 Å². The number of aryl methyl sites for hydroxylation is 1. The molecular weight excluding hydrogens is 327 g/mol. The maximum atomic E-state index is 6.29. The summed E-state index contributed by atoms with van der Waals surface area (Å²) in [5.41, 5.74) is 2.83. The molecule has 0 unspecified atom stereocenters. The molecule has 0 heterocycles. The topological polar surface area (TPSA) is 9.23 Å². The molecule has 0 N–H and O–H groups in total. The molecule has 21 heavy (non-hydrogen) atoms. The van der Waals surface area contributed by atoms with Crippen LogP contribution >= 0.6 is 34.8 Å². The molecule has 4 heteroatoms. The summed E-state index contributed by atoms with van der Waals surface area (Å²) in [6, 6.07) is 9.44. The minimum atomic E-state index is 0.304. The quantitative estimate of drug-likeness (QED) is 0.545. The highest BCUT2D eigenvalue weighted by Gasteiger charge is 2.13. The fourth-order valence-electron chi connectivity index (χ4n) is 2.10. The molecule has 0 fully saturated rings. The van der Waals surface area contributed by atoms with Gasteiger partial charge in [-0.3, -0.25) is 0 Å². The van der Waals surface area contributed by atoms with Crippen LogP contribution in [-0.2, 0) is 5.88 Å². The van der Waals surface area contributed by atoms with E-state index in [1.165, 1.54) is 0 Å². The summed E-state index contributed by atoms with van der Waals surface area (Å²) in [7, 11) is 0. The monoisotopic (exact) mass is 342 g/mol. The predicted molar refractivity (Wildman–Crippen MR) is 91.4 cm³/mol. The Morgan fingerprint density at radius 3 is 2.38 bits per heavy atom. The van der Waals surface area contributed by atoms with Gasteiger partial charge in [-0.25, -0.2) is 0 Å². The Balaban J connectivity index is 2.45. The van der Waals surface area contributed by atoms with E-state index in [2.05, 4.69) is 13.8 Å². The fraction of sp³-hybridized carbons (Fsp3) is 0.294. The maximum absolute atomic E-state index is 6.29. The van der Waals surface area contributed by atoms with E-state index in [1.54, 1.807) is 6.07 Å². The van der Waals surface area contributed by atoms with Crippen molar-refractivity contribution in [2.45, 2.75) is 32.6 Å². The van der Waals surface area contributed by atoms with Gasteiger partial charge in [-0.15, -0.1) is 11.6 Å². The van der Waals surface area contributed by atoms with E-state index in [9.17, 15) is 0 Å². The SMILES string of the molecule is Cc1cc(Cl)c(C(C)C)cc1Oc1cccc(Cl)c1CCl. The lowest BCUT2D eigenvalue weighted by atomic mass is 10.0. The van der Waals surface area contributed by atoms with Crippen LogP contribution in [0.25, 0.3) is 0 Å². The first-order valence-corrected chi connectivity index (χ1v) is 8.04. The van der Waals surface area contributed by atoms with E-state index >= 15 is 0 Å². The van der Waals surface area contributed by atoms with Gasteiger partial charge in [0.25, 0.3) is 0 Å². The molecule has 1 nitrogen and oxygen atoms in total. The van der Waals surface area contributed by atoms with Crippen molar-refractivity contribution in [1.82, 2.24) is 0 Å². The van der Waals surface area contributed by atoms with Gasteiger partial charge in [-0.2, -0.15) is 0 Å². The highest BCUT2D eigenvalue weighted by Crippen LogP contribution is 2.36. The highest BCUT2D eigenvalue weighted by molar-refractivity contribution is 6.32. The van der Waals surface area contributed by atoms with Crippen molar-refractivity contribution >= 4 is 34.8 Å². The lowest BCUT2D eigenvalue weighted by molar-refractivity contribution is 0.473. The second kappa shape index (κ2) is 6.91. The summed E-state index contributed by atoms with van der Waals surface area (Å²) in [6.45, 7) is 6.17. The van der Waals surface area contributed by atoms with Crippen LogP contribution in [0.3, 0.4) is 0 Å². The first-order chi connectivity index (χ1) is 9.93. The first kappa shape index (κ1) is 16.5. The fourth-order valence-corrected chi connectivity index (χ4v) is 3.12. The van der Waals surface area contributed by atoms with E-state index in [4.69, 9.17) is 39.5 Å². The Labute approximate surface area is 140 Å². The van der Waals surface area contributed by atoms with Crippen molar-refractivity contribution in [3.05, 3.63) is 57.1 Å². The summed E-state index contributed by atoms with van der Waals surface area (Å²) >= 11 is 18.4. The third kappa shape index (κ3) is 3.66. The Morgan fingerprint density at radius 1 is 1.05 bits per heavy atom. The van der Waals surface area contributed by atoms with E-state index in [0.29, 0.717) is 22.6 Å². The van der Waals surface area contributed by atoms with E-state index in [1.807, 2.05) is 31.2 Å². The van der Waals surface area contributed by atoms with Crippen molar-refractivity contribution in [3.8, 4) is 11.5 Å². The van der Waals surface area contributed by atoms with Gasteiger partial charge >= 0.3 is 0 Å². The van der Waals surface area contributed by atoms with Crippen LogP contribution < -0.4 is 4.74 Å². The third-order valence-electron chi connectivity index (χ3n) is 3.35. The van der Waals surface area contributed by atoms with Gasteiger partial charge in [-0.05, 0) is 48.2 Å². The molecule has 112 valence electrons. The van der Waals surface area contributed by atoms with Gasteiger partial charge in [0.05, 0.1) is 5.88 Å². The molecule has 0 spiro atoms. The number of halogens is 3. The largest absolute Gasteiger partial charge is 0.457 e. The Kier molecular flexibility index (Phi) is 5.43. The van der Waals surface area contributed by atoms with Crippen molar-refractivity contribution in [3.63, 3.8) is 0 Å². The summed E-state index contributed by atoms with van der Waals surface area (Å²) in [5, 5.41) is 1.37. The number of hydrogen-bond acceptors (Lipinski definition) is 1. The molecule has 0 bridgehead atoms. The molecule has 0 saturated carbocycles. The van der Waals surface area contributed by atoms with Crippen LogP contribution in [0.15, 0.2) is 30.3 Å². The molecule has 2 aromatic rings. The predicted octanol–water partition coefficient (Wildman–Crippen LogP) is 6.96. The molecule has 2 rings (SSSR count). The second-order valence-corrected chi connectivity index (χ2v) is 6.33. The molecule has 0 aromatic heterocycles. The zero-order valence-corrected chi connectivity index (χ0v) is 14.5. The van der Waals surface area contributed by atoms with Gasteiger partial charge < -0.3 is 4.74 Å². The molecule has 0 aliphatic carbocycles. The van der Waals surface area contributed by atoms with Crippen molar-refractivity contribution < 1.29 is 4.74 Å². The Bertz CT molecular complexity index is 651. The van der Waals surface area contributed by atoms with Crippen molar-refractivity contribution in [1.29, 1.82) is 0 Å². The van der Waals surface area contributed by atoms with Gasteiger partial charge in [0.1, 0.15) is 11.5 Å². The first-order valence-electron chi connectivity index (χ1n) is 6.75. The molecule has 0 saturated heterocycles. The van der Waals surface area contributed by atoms with Crippen LogP contribution in [-0.4, -0.2) is 0 Å². The summed E-state index contributed by atoms with van der Waals surface area (Å²) in [6.07, 6.45) is 0. The van der Waals surface area contributed by atoms with Crippen LogP contribution in [0, 0.1) is 6.92 Å². The van der Waals surface area contributed by atoms with Crippen molar-refractivity contribution in [2.75, 3.05) is 0 Å². The Hall–Kier alpha value is -0.890. The maximum Gasteiger partial charge on any atom is 0.133 e. The smallest absolute Gasteiger partial charge is 0.133 e. The van der Waals surface area contributed by atoms with E-state index < -0.39 is 0 Å².